The van der Waals surface area contributed by atoms with Crippen LogP contribution < -0.4 is 20.1 Å². The van der Waals surface area contributed by atoms with E-state index >= 15 is 0 Å². The summed E-state index contributed by atoms with van der Waals surface area (Å²) in [5.74, 6) is 1.42. The number of carbonyl (C=O) groups is 2. The van der Waals surface area contributed by atoms with Gasteiger partial charge in [-0.25, -0.2) is 0 Å². The van der Waals surface area contributed by atoms with Gasteiger partial charge in [0, 0.05) is 18.2 Å². The van der Waals surface area contributed by atoms with Crippen molar-refractivity contribution in [2.45, 2.75) is 44.4 Å². The summed E-state index contributed by atoms with van der Waals surface area (Å²) in [6.07, 6.45) is 3.87. The van der Waals surface area contributed by atoms with E-state index in [1.807, 2.05) is 36.4 Å². The van der Waals surface area contributed by atoms with Gasteiger partial charge in [0.1, 0.15) is 11.5 Å². The predicted molar refractivity (Wildman–Crippen MR) is 122 cm³/mol. The smallest absolute Gasteiger partial charge is 0.254 e. The van der Waals surface area contributed by atoms with Crippen molar-refractivity contribution < 1.29 is 19.1 Å². The zero-order valence-corrected chi connectivity index (χ0v) is 18.7. The third-order valence-electron chi connectivity index (χ3n) is 6.37. The van der Waals surface area contributed by atoms with E-state index in [0.717, 1.165) is 37.0 Å². The maximum absolute atomic E-state index is 13.5. The molecule has 0 bridgehead atoms. The van der Waals surface area contributed by atoms with Crippen LogP contribution in [-0.2, 0) is 11.3 Å². The number of rotatable bonds is 7. The number of hydrogen-bond donors (Lipinski definition) is 2. The summed E-state index contributed by atoms with van der Waals surface area (Å²) in [6, 6.07) is 15.0. The summed E-state index contributed by atoms with van der Waals surface area (Å²) in [4.78, 5) is 27.9. The molecular formula is C25H31N3O4. The highest BCUT2D eigenvalue weighted by Crippen LogP contribution is 2.27. The van der Waals surface area contributed by atoms with Gasteiger partial charge in [-0.1, -0.05) is 31.0 Å². The molecule has 1 saturated heterocycles. The second-order valence-corrected chi connectivity index (χ2v) is 8.49. The van der Waals surface area contributed by atoms with E-state index in [1.165, 1.54) is 0 Å². The molecule has 1 aliphatic heterocycles. The van der Waals surface area contributed by atoms with Crippen molar-refractivity contribution in [2.75, 3.05) is 20.8 Å². The van der Waals surface area contributed by atoms with E-state index in [-0.39, 0.29) is 29.9 Å². The lowest BCUT2D eigenvalue weighted by Gasteiger charge is -2.41. The van der Waals surface area contributed by atoms with Crippen molar-refractivity contribution in [1.82, 2.24) is 15.5 Å². The van der Waals surface area contributed by atoms with Crippen LogP contribution in [0.4, 0.5) is 0 Å². The highest BCUT2D eigenvalue weighted by atomic mass is 16.5. The van der Waals surface area contributed by atoms with E-state index in [9.17, 15) is 9.59 Å². The number of nitrogens with zero attached hydrogens (tertiary/aromatic N) is 1. The predicted octanol–water partition coefficient (Wildman–Crippen LogP) is 2.95. The van der Waals surface area contributed by atoms with Crippen molar-refractivity contribution in [2.24, 2.45) is 5.92 Å². The molecule has 1 aliphatic carbocycles. The van der Waals surface area contributed by atoms with Crippen LogP contribution in [0.3, 0.4) is 0 Å². The highest BCUT2D eigenvalue weighted by molar-refractivity contribution is 5.94. The first-order valence-corrected chi connectivity index (χ1v) is 11.2. The fraction of sp³-hybridized carbons (Fsp3) is 0.440. The molecule has 2 N–H and O–H groups in total. The molecule has 32 heavy (non-hydrogen) atoms. The average molecular weight is 438 g/mol. The quantitative estimate of drug-likeness (QED) is 0.696. The first-order valence-electron chi connectivity index (χ1n) is 11.2. The van der Waals surface area contributed by atoms with Crippen LogP contribution in [0.25, 0.3) is 0 Å². The van der Waals surface area contributed by atoms with Gasteiger partial charge in [-0.05, 0) is 48.7 Å². The van der Waals surface area contributed by atoms with Crippen LogP contribution in [0.1, 0.15) is 41.6 Å². The molecule has 3 unspecified atom stereocenters. The molecule has 1 heterocycles. The lowest BCUT2D eigenvalue weighted by Crippen LogP contribution is -2.65. The Balaban J connectivity index is 1.54. The van der Waals surface area contributed by atoms with Gasteiger partial charge < -0.3 is 19.7 Å². The Morgan fingerprint density at radius 2 is 1.78 bits per heavy atom. The molecule has 4 rings (SSSR count). The van der Waals surface area contributed by atoms with Gasteiger partial charge in [0.25, 0.3) is 5.91 Å². The number of nitrogens with one attached hydrogen (secondary N) is 2. The molecule has 0 radical (unpaired) electrons. The molecule has 7 nitrogen and oxygen atoms in total. The minimum Gasteiger partial charge on any atom is -0.497 e. The lowest BCUT2D eigenvalue weighted by atomic mass is 9.82. The topological polar surface area (TPSA) is 79.9 Å². The van der Waals surface area contributed by atoms with Crippen molar-refractivity contribution in [3.8, 4) is 11.5 Å². The molecule has 2 aromatic rings. The number of ether oxygens (including phenoxy) is 2. The van der Waals surface area contributed by atoms with Crippen LogP contribution >= 0.6 is 0 Å². The fourth-order valence-electron chi connectivity index (χ4n) is 4.65. The Morgan fingerprint density at radius 3 is 2.53 bits per heavy atom. The summed E-state index contributed by atoms with van der Waals surface area (Å²) in [6.45, 7) is 0.791. The molecule has 1 saturated carbocycles. The van der Waals surface area contributed by atoms with E-state index in [0.29, 0.717) is 24.4 Å². The monoisotopic (exact) mass is 437 g/mol. The molecule has 2 fully saturated rings. The van der Waals surface area contributed by atoms with Gasteiger partial charge in [0.15, 0.2) is 0 Å². The number of hydrogen-bond acceptors (Lipinski definition) is 5. The molecule has 0 aromatic heterocycles. The van der Waals surface area contributed by atoms with Crippen molar-refractivity contribution in [3.05, 3.63) is 59.7 Å². The Labute approximate surface area is 189 Å². The minimum atomic E-state index is -0.283. The molecule has 2 amide bonds. The Hall–Kier alpha value is -3.06. The first-order chi connectivity index (χ1) is 15.6. The standard InChI is InChI=1S/C25H31N3O4/c1-31-19-12-10-17(11-13-19)15-28(25(30)18-6-5-7-20(14-18)32-2)16-23-26-22-9-4-3-8-21(22)24(29)27-23/h5-7,10-14,21-23,26H,3-4,8-9,15-16H2,1-2H3,(H,27,29). The zero-order chi connectivity index (χ0) is 22.5. The van der Waals surface area contributed by atoms with Crippen LogP contribution in [0.15, 0.2) is 48.5 Å². The van der Waals surface area contributed by atoms with E-state index in [2.05, 4.69) is 10.6 Å². The number of amides is 2. The molecule has 2 aliphatic rings. The van der Waals surface area contributed by atoms with E-state index < -0.39 is 0 Å². The van der Waals surface area contributed by atoms with Gasteiger partial charge in [-0.3, -0.25) is 14.9 Å². The molecule has 170 valence electrons. The van der Waals surface area contributed by atoms with Crippen molar-refractivity contribution in [1.29, 1.82) is 0 Å². The first kappa shape index (κ1) is 22.1. The van der Waals surface area contributed by atoms with Gasteiger partial charge in [0.05, 0.1) is 32.8 Å². The summed E-state index contributed by atoms with van der Waals surface area (Å²) in [5.41, 5.74) is 1.54. The largest absolute Gasteiger partial charge is 0.497 e. The molecular weight excluding hydrogens is 406 g/mol. The maximum atomic E-state index is 13.5. The second kappa shape index (κ2) is 10.0. The normalized spacial score (nSPS) is 22.4. The summed E-state index contributed by atoms with van der Waals surface area (Å²) in [7, 11) is 3.21. The number of carbonyl (C=O) groups excluding carboxylic acids is 2. The summed E-state index contributed by atoms with van der Waals surface area (Å²) in [5, 5.41) is 6.67. The number of benzene rings is 2. The zero-order valence-electron chi connectivity index (χ0n) is 18.7. The van der Waals surface area contributed by atoms with Crippen LogP contribution in [0.2, 0.25) is 0 Å². The molecule has 0 spiro atoms. The van der Waals surface area contributed by atoms with Gasteiger partial charge in [0.2, 0.25) is 5.91 Å². The van der Waals surface area contributed by atoms with Gasteiger partial charge >= 0.3 is 0 Å². The van der Waals surface area contributed by atoms with Gasteiger partial charge in [-0.15, -0.1) is 0 Å². The Bertz CT molecular complexity index is 946. The van der Waals surface area contributed by atoms with Crippen LogP contribution in [-0.4, -0.2) is 49.7 Å². The average Bonchev–Trinajstić information content (AvgIpc) is 2.83. The third kappa shape index (κ3) is 5.05. The number of fused-ring (bicyclic) bond motifs is 1. The summed E-state index contributed by atoms with van der Waals surface area (Å²) >= 11 is 0. The van der Waals surface area contributed by atoms with Crippen molar-refractivity contribution >= 4 is 11.8 Å². The van der Waals surface area contributed by atoms with E-state index in [1.54, 1.807) is 31.3 Å². The minimum absolute atomic E-state index is 0.0316. The number of methoxy groups -OCH3 is 2. The van der Waals surface area contributed by atoms with E-state index in [4.69, 9.17) is 9.47 Å². The SMILES string of the molecule is COc1ccc(CN(CC2NC(=O)C3CCCCC3N2)C(=O)c2cccc(OC)c2)cc1. The van der Waals surface area contributed by atoms with Gasteiger partial charge in [-0.2, -0.15) is 0 Å². The van der Waals surface area contributed by atoms with Crippen LogP contribution in [0, 0.1) is 5.92 Å². The Kier molecular flexibility index (Phi) is 6.95. The molecule has 7 heteroatoms. The lowest BCUT2D eigenvalue weighted by molar-refractivity contribution is -0.131. The van der Waals surface area contributed by atoms with Crippen molar-refractivity contribution in [3.63, 3.8) is 0 Å². The molecule has 2 aromatic carbocycles. The fourth-order valence-corrected chi connectivity index (χ4v) is 4.65. The third-order valence-corrected chi connectivity index (χ3v) is 6.37. The summed E-state index contributed by atoms with van der Waals surface area (Å²) < 4.78 is 10.5. The maximum Gasteiger partial charge on any atom is 0.254 e. The molecule has 3 atom stereocenters. The highest BCUT2D eigenvalue weighted by Gasteiger charge is 2.38. The Morgan fingerprint density at radius 1 is 1.03 bits per heavy atom. The van der Waals surface area contributed by atoms with Crippen LogP contribution in [0.5, 0.6) is 11.5 Å². The second-order valence-electron chi connectivity index (χ2n) is 8.49.